The van der Waals surface area contributed by atoms with Gasteiger partial charge in [0.05, 0.1) is 23.0 Å². The van der Waals surface area contributed by atoms with E-state index in [0.717, 1.165) is 37.5 Å². The number of halogens is 2. The zero-order chi connectivity index (χ0) is 16.7. The molecule has 0 fully saturated rings. The Labute approximate surface area is 156 Å². The molecule has 4 rings (SSSR count). The van der Waals surface area contributed by atoms with Crippen LogP contribution in [0.5, 0.6) is 11.5 Å². The Kier molecular flexibility index (Phi) is 3.79. The summed E-state index contributed by atoms with van der Waals surface area (Å²) >= 11 is 6.99. The largest absolute Gasteiger partial charge is 0.453 e. The first-order valence-corrected chi connectivity index (χ1v) is 8.81. The maximum Gasteiger partial charge on any atom is 0.152 e. The minimum atomic E-state index is 0.638. The van der Waals surface area contributed by atoms with Gasteiger partial charge >= 0.3 is 0 Å². The molecule has 3 aromatic carbocycles. The molecular weight excluding hydrogens is 432 g/mol. The van der Waals surface area contributed by atoms with Gasteiger partial charge in [0.1, 0.15) is 0 Å². The third-order valence-electron chi connectivity index (χ3n) is 3.80. The molecule has 0 amide bonds. The number of nitrogens with zero attached hydrogens (tertiary/aromatic N) is 2. The number of hydrogen-bond donors (Lipinski definition) is 0. The third kappa shape index (κ3) is 2.58. The van der Waals surface area contributed by atoms with Gasteiger partial charge < -0.3 is 9.64 Å². The van der Waals surface area contributed by atoms with Crippen LogP contribution < -0.4 is 9.64 Å². The van der Waals surface area contributed by atoms with E-state index in [0.29, 0.717) is 5.56 Å². The first kappa shape index (κ1) is 15.3. The minimum absolute atomic E-state index is 0.638. The van der Waals surface area contributed by atoms with Crippen molar-refractivity contribution in [3.8, 4) is 17.6 Å². The van der Waals surface area contributed by atoms with Crippen LogP contribution in [0.15, 0.2) is 69.6 Å². The van der Waals surface area contributed by atoms with E-state index in [1.165, 1.54) is 0 Å². The van der Waals surface area contributed by atoms with E-state index in [9.17, 15) is 0 Å². The molecule has 0 bridgehead atoms. The van der Waals surface area contributed by atoms with E-state index in [4.69, 9.17) is 10.00 Å². The molecule has 0 atom stereocenters. The number of nitriles is 1. The van der Waals surface area contributed by atoms with Crippen molar-refractivity contribution in [1.29, 1.82) is 5.26 Å². The van der Waals surface area contributed by atoms with Crippen LogP contribution in [0.3, 0.4) is 0 Å². The van der Waals surface area contributed by atoms with Crippen molar-refractivity contribution in [2.45, 2.75) is 0 Å². The SMILES string of the molecule is N#Cc1ccc(N2c3ccc(Br)cc3Oc3cc(Br)ccc32)cc1. The summed E-state index contributed by atoms with van der Waals surface area (Å²) in [6.45, 7) is 0. The Morgan fingerprint density at radius 3 is 1.83 bits per heavy atom. The molecule has 0 spiro atoms. The fourth-order valence-electron chi connectivity index (χ4n) is 2.72. The van der Waals surface area contributed by atoms with Gasteiger partial charge in [0.25, 0.3) is 0 Å². The molecule has 116 valence electrons. The molecule has 3 aromatic rings. The van der Waals surface area contributed by atoms with E-state index in [-0.39, 0.29) is 0 Å². The van der Waals surface area contributed by atoms with Gasteiger partial charge in [-0.05, 0) is 60.7 Å². The molecule has 0 aromatic heterocycles. The van der Waals surface area contributed by atoms with Crippen LogP contribution in [-0.2, 0) is 0 Å². The second kappa shape index (κ2) is 5.97. The van der Waals surface area contributed by atoms with Crippen molar-refractivity contribution in [3.05, 3.63) is 75.2 Å². The summed E-state index contributed by atoms with van der Waals surface area (Å²) in [6.07, 6.45) is 0. The molecule has 0 saturated heterocycles. The molecule has 24 heavy (non-hydrogen) atoms. The average molecular weight is 442 g/mol. The van der Waals surface area contributed by atoms with E-state index in [2.05, 4.69) is 42.8 Å². The van der Waals surface area contributed by atoms with Crippen LogP contribution in [0.25, 0.3) is 0 Å². The lowest BCUT2D eigenvalue weighted by Gasteiger charge is -2.33. The van der Waals surface area contributed by atoms with E-state index < -0.39 is 0 Å². The van der Waals surface area contributed by atoms with Crippen LogP contribution in [0.4, 0.5) is 17.1 Å². The standard InChI is InChI=1S/C19H10Br2N2O/c20-13-3-7-16-18(9-13)24-19-10-14(21)4-8-17(19)23(16)15-5-1-12(11-22)2-6-15/h1-10H. The fraction of sp³-hybridized carbons (Fsp3) is 0. The first-order valence-electron chi connectivity index (χ1n) is 7.23. The molecular formula is C19H10Br2N2O. The fourth-order valence-corrected chi connectivity index (χ4v) is 3.40. The smallest absolute Gasteiger partial charge is 0.152 e. The van der Waals surface area contributed by atoms with Crippen molar-refractivity contribution >= 4 is 48.9 Å². The third-order valence-corrected chi connectivity index (χ3v) is 4.79. The molecule has 1 aliphatic rings. The number of anilines is 3. The highest BCUT2D eigenvalue weighted by Gasteiger charge is 2.26. The highest BCUT2D eigenvalue weighted by Crippen LogP contribution is 2.51. The predicted molar refractivity (Wildman–Crippen MR) is 101 cm³/mol. The van der Waals surface area contributed by atoms with Gasteiger partial charge in [0.2, 0.25) is 0 Å². The Morgan fingerprint density at radius 2 is 1.33 bits per heavy atom. The Morgan fingerprint density at radius 1 is 0.792 bits per heavy atom. The summed E-state index contributed by atoms with van der Waals surface area (Å²) in [7, 11) is 0. The van der Waals surface area contributed by atoms with E-state index in [1.807, 2.05) is 60.7 Å². The molecule has 3 nitrogen and oxygen atoms in total. The Hall–Kier alpha value is -2.29. The lowest BCUT2D eigenvalue weighted by atomic mass is 10.1. The van der Waals surface area contributed by atoms with Crippen molar-refractivity contribution in [3.63, 3.8) is 0 Å². The molecule has 1 heterocycles. The quantitative estimate of drug-likeness (QED) is 0.331. The monoisotopic (exact) mass is 440 g/mol. The van der Waals surface area contributed by atoms with Crippen LogP contribution in [0.1, 0.15) is 5.56 Å². The van der Waals surface area contributed by atoms with Crippen LogP contribution in [0, 0.1) is 11.3 Å². The summed E-state index contributed by atoms with van der Waals surface area (Å²) < 4.78 is 8.00. The zero-order valence-corrected chi connectivity index (χ0v) is 15.5. The Balaban J connectivity index is 1.93. The second-order valence-corrected chi connectivity index (χ2v) is 7.15. The lowest BCUT2D eigenvalue weighted by molar-refractivity contribution is 0.476. The van der Waals surface area contributed by atoms with Crippen molar-refractivity contribution in [2.24, 2.45) is 0 Å². The van der Waals surface area contributed by atoms with Gasteiger partial charge in [-0.25, -0.2) is 0 Å². The molecule has 0 N–H and O–H groups in total. The maximum absolute atomic E-state index is 9.02. The molecule has 0 radical (unpaired) electrons. The Bertz CT molecular complexity index is 926. The summed E-state index contributed by atoms with van der Waals surface area (Å²) in [5.41, 5.74) is 3.53. The number of ether oxygens (including phenoxy) is 1. The van der Waals surface area contributed by atoms with Crippen LogP contribution in [0.2, 0.25) is 0 Å². The molecule has 5 heteroatoms. The highest BCUT2D eigenvalue weighted by molar-refractivity contribution is 9.10. The second-order valence-electron chi connectivity index (χ2n) is 5.32. The molecule has 0 aliphatic carbocycles. The summed E-state index contributed by atoms with van der Waals surface area (Å²) in [4.78, 5) is 2.13. The summed E-state index contributed by atoms with van der Waals surface area (Å²) in [6, 6.07) is 21.6. The molecule has 0 saturated carbocycles. The zero-order valence-electron chi connectivity index (χ0n) is 12.3. The van der Waals surface area contributed by atoms with Crippen molar-refractivity contribution < 1.29 is 4.74 Å². The average Bonchev–Trinajstić information content (AvgIpc) is 2.59. The van der Waals surface area contributed by atoms with Gasteiger partial charge in [-0.3, -0.25) is 0 Å². The van der Waals surface area contributed by atoms with Crippen LogP contribution in [-0.4, -0.2) is 0 Å². The predicted octanol–water partition coefficient (Wildman–Crippen LogP) is 6.66. The van der Waals surface area contributed by atoms with Gasteiger partial charge in [-0.1, -0.05) is 31.9 Å². The maximum atomic E-state index is 9.02. The van der Waals surface area contributed by atoms with Gasteiger partial charge in [-0.2, -0.15) is 5.26 Å². The summed E-state index contributed by atoms with van der Waals surface area (Å²) in [5, 5.41) is 9.02. The first-order chi connectivity index (χ1) is 11.7. The topological polar surface area (TPSA) is 36.3 Å². The highest BCUT2D eigenvalue weighted by atomic mass is 79.9. The molecule has 0 unspecified atom stereocenters. The van der Waals surface area contributed by atoms with Gasteiger partial charge in [0, 0.05) is 14.6 Å². The number of rotatable bonds is 1. The number of fused-ring (bicyclic) bond motifs is 2. The van der Waals surface area contributed by atoms with Crippen molar-refractivity contribution in [2.75, 3.05) is 4.90 Å². The molecule has 1 aliphatic heterocycles. The normalized spacial score (nSPS) is 12.0. The van der Waals surface area contributed by atoms with E-state index >= 15 is 0 Å². The van der Waals surface area contributed by atoms with Crippen LogP contribution >= 0.6 is 31.9 Å². The lowest BCUT2D eigenvalue weighted by Crippen LogP contribution is -2.15. The summed E-state index contributed by atoms with van der Waals surface area (Å²) in [5.74, 6) is 1.55. The van der Waals surface area contributed by atoms with E-state index in [1.54, 1.807) is 0 Å². The number of benzene rings is 3. The minimum Gasteiger partial charge on any atom is -0.453 e. The number of hydrogen-bond acceptors (Lipinski definition) is 3. The van der Waals surface area contributed by atoms with Gasteiger partial charge in [0.15, 0.2) is 11.5 Å². The van der Waals surface area contributed by atoms with Gasteiger partial charge in [-0.15, -0.1) is 0 Å². The van der Waals surface area contributed by atoms with Crippen molar-refractivity contribution in [1.82, 2.24) is 0 Å².